The number of aryl methyl sites for hydroxylation is 2. The van der Waals surface area contributed by atoms with E-state index < -0.39 is 15.8 Å². The van der Waals surface area contributed by atoms with Gasteiger partial charge in [0.25, 0.3) is 0 Å². The normalized spacial score (nSPS) is 11.7. The first-order chi connectivity index (χ1) is 8.32. The maximum Gasteiger partial charge on any atom is 0.331 e. The first-order valence-corrected chi connectivity index (χ1v) is 7.10. The molecule has 0 aromatic heterocycles. The minimum absolute atomic E-state index is 0.122. The molecule has 0 heterocycles. The van der Waals surface area contributed by atoms with E-state index in [1.807, 2.05) is 32.0 Å². The molecule has 4 nitrogen and oxygen atoms in total. The number of hydrogen-bond donors (Lipinski definition) is 0. The smallest absolute Gasteiger partial charge is 0.331 e. The van der Waals surface area contributed by atoms with Crippen molar-refractivity contribution in [1.82, 2.24) is 0 Å². The van der Waals surface area contributed by atoms with E-state index in [1.54, 1.807) is 0 Å². The van der Waals surface area contributed by atoms with Crippen molar-refractivity contribution in [2.45, 2.75) is 19.6 Å². The van der Waals surface area contributed by atoms with Crippen molar-refractivity contribution in [2.75, 3.05) is 7.11 Å². The van der Waals surface area contributed by atoms with E-state index in [0.717, 1.165) is 22.6 Å². The predicted octanol–water partition coefficient (Wildman–Crippen LogP) is 1.90. The van der Waals surface area contributed by atoms with E-state index in [2.05, 4.69) is 4.74 Å². The van der Waals surface area contributed by atoms with Crippen LogP contribution in [0.1, 0.15) is 16.7 Å². The molecule has 0 fully saturated rings. The number of hydrogen-bond acceptors (Lipinski definition) is 4. The standard InChI is InChI=1S/C13H16O4S/c1-10-6-11(2)8-12(7-10)9-18(15,16)5-4-13(14)17-3/h4-8H,9H2,1-3H3/b5-4+. The highest BCUT2D eigenvalue weighted by Crippen LogP contribution is 2.13. The fourth-order valence-corrected chi connectivity index (χ4v) is 2.71. The molecular weight excluding hydrogens is 252 g/mol. The Morgan fingerprint density at radius 1 is 1.22 bits per heavy atom. The zero-order valence-corrected chi connectivity index (χ0v) is 11.5. The third-order valence-corrected chi connectivity index (χ3v) is 3.55. The monoisotopic (exact) mass is 268 g/mol. The Balaban J connectivity index is 2.89. The van der Waals surface area contributed by atoms with Crippen LogP contribution in [0, 0.1) is 13.8 Å². The molecule has 1 aromatic carbocycles. The van der Waals surface area contributed by atoms with Crippen molar-refractivity contribution in [3.05, 3.63) is 46.4 Å². The molecule has 1 rings (SSSR count). The van der Waals surface area contributed by atoms with Crippen LogP contribution in [0.2, 0.25) is 0 Å². The summed E-state index contributed by atoms with van der Waals surface area (Å²) in [5.74, 6) is -0.803. The molecule has 0 saturated carbocycles. The molecule has 0 bridgehead atoms. The van der Waals surface area contributed by atoms with Gasteiger partial charge >= 0.3 is 5.97 Å². The van der Waals surface area contributed by atoms with Gasteiger partial charge in [0.15, 0.2) is 9.84 Å². The quantitative estimate of drug-likeness (QED) is 0.618. The Labute approximate surface area is 107 Å². The van der Waals surface area contributed by atoms with Gasteiger partial charge in [-0.2, -0.15) is 0 Å². The van der Waals surface area contributed by atoms with Crippen molar-refractivity contribution in [3.63, 3.8) is 0 Å². The van der Waals surface area contributed by atoms with E-state index in [4.69, 9.17) is 0 Å². The van der Waals surface area contributed by atoms with Gasteiger partial charge in [-0.05, 0) is 19.4 Å². The van der Waals surface area contributed by atoms with E-state index >= 15 is 0 Å². The minimum Gasteiger partial charge on any atom is -0.466 e. The van der Waals surface area contributed by atoms with Gasteiger partial charge in [-0.3, -0.25) is 0 Å². The molecular formula is C13H16O4S. The van der Waals surface area contributed by atoms with E-state index in [9.17, 15) is 13.2 Å². The number of carbonyl (C=O) groups excluding carboxylic acids is 1. The molecule has 0 aliphatic rings. The molecule has 1 aromatic rings. The van der Waals surface area contributed by atoms with Crippen LogP contribution in [0.5, 0.6) is 0 Å². The van der Waals surface area contributed by atoms with Crippen molar-refractivity contribution >= 4 is 15.8 Å². The Kier molecular flexibility index (Phi) is 4.67. The zero-order valence-electron chi connectivity index (χ0n) is 10.6. The summed E-state index contributed by atoms with van der Waals surface area (Å²) in [5, 5.41) is 0.885. The van der Waals surface area contributed by atoms with Gasteiger partial charge in [-0.25, -0.2) is 13.2 Å². The zero-order chi connectivity index (χ0) is 13.8. The van der Waals surface area contributed by atoms with Crippen LogP contribution >= 0.6 is 0 Å². The molecule has 0 spiro atoms. The van der Waals surface area contributed by atoms with Crippen LogP contribution in [0.15, 0.2) is 29.7 Å². The Bertz CT molecular complexity index is 550. The van der Waals surface area contributed by atoms with Crippen molar-refractivity contribution in [2.24, 2.45) is 0 Å². The van der Waals surface area contributed by atoms with Gasteiger partial charge in [0.05, 0.1) is 12.9 Å². The van der Waals surface area contributed by atoms with E-state index in [1.165, 1.54) is 7.11 Å². The minimum atomic E-state index is -3.45. The van der Waals surface area contributed by atoms with Crippen LogP contribution < -0.4 is 0 Å². The number of carbonyl (C=O) groups is 1. The van der Waals surface area contributed by atoms with E-state index in [0.29, 0.717) is 5.56 Å². The number of methoxy groups -OCH3 is 1. The number of ether oxygens (including phenoxy) is 1. The van der Waals surface area contributed by atoms with Gasteiger partial charge in [-0.1, -0.05) is 29.3 Å². The van der Waals surface area contributed by atoms with Crippen molar-refractivity contribution in [3.8, 4) is 0 Å². The number of rotatable bonds is 4. The lowest BCUT2D eigenvalue weighted by Gasteiger charge is -2.03. The summed E-state index contributed by atoms with van der Waals surface area (Å²) in [7, 11) is -2.26. The second-order valence-electron chi connectivity index (χ2n) is 4.13. The highest BCUT2D eigenvalue weighted by atomic mass is 32.2. The van der Waals surface area contributed by atoms with Crippen LogP contribution in [-0.2, 0) is 25.1 Å². The van der Waals surface area contributed by atoms with Gasteiger partial charge in [0.1, 0.15) is 0 Å². The maximum atomic E-state index is 11.7. The average molecular weight is 268 g/mol. The van der Waals surface area contributed by atoms with Crippen LogP contribution in [0.25, 0.3) is 0 Å². The highest BCUT2D eigenvalue weighted by Gasteiger charge is 2.09. The summed E-state index contributed by atoms with van der Waals surface area (Å²) in [6, 6.07) is 5.60. The summed E-state index contributed by atoms with van der Waals surface area (Å²) < 4.78 is 27.8. The summed E-state index contributed by atoms with van der Waals surface area (Å²) >= 11 is 0. The molecule has 98 valence electrons. The predicted molar refractivity (Wildman–Crippen MR) is 69.7 cm³/mol. The molecule has 0 radical (unpaired) electrons. The van der Waals surface area contributed by atoms with Gasteiger partial charge < -0.3 is 4.74 Å². The average Bonchev–Trinajstić information content (AvgIpc) is 2.23. The highest BCUT2D eigenvalue weighted by molar-refractivity contribution is 7.93. The first kappa shape index (κ1) is 14.4. The Hall–Kier alpha value is -1.62. The largest absolute Gasteiger partial charge is 0.466 e. The molecule has 0 aliphatic carbocycles. The molecule has 0 N–H and O–H groups in total. The van der Waals surface area contributed by atoms with Crippen LogP contribution in [0.3, 0.4) is 0 Å². The Morgan fingerprint density at radius 3 is 2.28 bits per heavy atom. The molecule has 0 unspecified atom stereocenters. The molecule has 0 amide bonds. The second-order valence-corrected chi connectivity index (χ2v) is 6.02. The third kappa shape index (κ3) is 4.71. The SMILES string of the molecule is COC(=O)/C=C/S(=O)(=O)Cc1cc(C)cc(C)c1. The van der Waals surface area contributed by atoms with Crippen molar-refractivity contribution < 1.29 is 17.9 Å². The summed E-state index contributed by atoms with van der Waals surface area (Å²) in [5.41, 5.74) is 2.73. The lowest BCUT2D eigenvalue weighted by Crippen LogP contribution is -2.03. The van der Waals surface area contributed by atoms with Gasteiger partial charge in [-0.15, -0.1) is 0 Å². The van der Waals surface area contributed by atoms with Crippen molar-refractivity contribution in [1.29, 1.82) is 0 Å². The maximum absolute atomic E-state index is 11.7. The fraction of sp³-hybridized carbons (Fsp3) is 0.308. The fourth-order valence-electron chi connectivity index (χ4n) is 1.66. The molecule has 0 saturated heterocycles. The third-order valence-electron chi connectivity index (χ3n) is 2.26. The topological polar surface area (TPSA) is 60.4 Å². The van der Waals surface area contributed by atoms with E-state index in [-0.39, 0.29) is 5.75 Å². The van der Waals surface area contributed by atoms with Gasteiger partial charge in [0.2, 0.25) is 0 Å². The lowest BCUT2D eigenvalue weighted by atomic mass is 10.1. The molecule has 18 heavy (non-hydrogen) atoms. The first-order valence-electron chi connectivity index (χ1n) is 5.38. The second kappa shape index (κ2) is 5.82. The molecule has 0 atom stereocenters. The Morgan fingerprint density at radius 2 is 1.78 bits per heavy atom. The summed E-state index contributed by atoms with van der Waals surface area (Å²) in [6.45, 7) is 3.82. The number of benzene rings is 1. The molecule has 5 heteroatoms. The van der Waals surface area contributed by atoms with Crippen LogP contribution in [-0.4, -0.2) is 21.5 Å². The summed E-state index contributed by atoms with van der Waals surface area (Å²) in [4.78, 5) is 10.8. The van der Waals surface area contributed by atoms with Gasteiger partial charge in [0, 0.05) is 11.5 Å². The summed E-state index contributed by atoms with van der Waals surface area (Å²) in [6.07, 6.45) is 0.915. The number of esters is 1. The molecule has 0 aliphatic heterocycles. The number of sulfone groups is 1. The lowest BCUT2D eigenvalue weighted by molar-refractivity contribution is -0.134. The van der Waals surface area contributed by atoms with Crippen LogP contribution in [0.4, 0.5) is 0 Å².